The van der Waals surface area contributed by atoms with Crippen molar-refractivity contribution in [2.24, 2.45) is 11.3 Å². The highest BCUT2D eigenvalue weighted by Gasteiger charge is 2.63. The number of hydrogen-bond donors (Lipinski definition) is 2. The van der Waals surface area contributed by atoms with Crippen molar-refractivity contribution in [2.45, 2.75) is 75.9 Å². The molecule has 1 saturated carbocycles. The van der Waals surface area contributed by atoms with E-state index in [2.05, 4.69) is 76.5 Å². The van der Waals surface area contributed by atoms with Gasteiger partial charge < -0.3 is 10.2 Å². The molecule has 0 aromatic carbocycles. The van der Waals surface area contributed by atoms with Gasteiger partial charge in [0.1, 0.15) is 16.2 Å². The van der Waals surface area contributed by atoms with Gasteiger partial charge in [-0.2, -0.15) is 8.42 Å². The van der Waals surface area contributed by atoms with Gasteiger partial charge in [0.05, 0.1) is 17.3 Å². The van der Waals surface area contributed by atoms with E-state index in [9.17, 15) is 13.2 Å². The van der Waals surface area contributed by atoms with E-state index in [1.165, 1.54) is 11.6 Å². The van der Waals surface area contributed by atoms with Gasteiger partial charge in [-0.3, -0.25) is 9.78 Å². The van der Waals surface area contributed by atoms with Gasteiger partial charge in [0.15, 0.2) is 5.03 Å². The first-order valence-corrected chi connectivity index (χ1v) is 16.2. The van der Waals surface area contributed by atoms with E-state index in [4.69, 9.17) is 9.97 Å². The van der Waals surface area contributed by atoms with Crippen molar-refractivity contribution in [2.75, 3.05) is 16.8 Å². The predicted molar refractivity (Wildman–Crippen MR) is 161 cm³/mol. The molecule has 3 aliphatic rings. The number of nitrogens with zero attached hydrogens (tertiary/aromatic N) is 4. The second kappa shape index (κ2) is 9.49. The quantitative estimate of drug-likeness (QED) is 0.331. The lowest BCUT2D eigenvalue weighted by atomic mass is 9.86. The van der Waals surface area contributed by atoms with Gasteiger partial charge in [-0.25, -0.2) is 14.7 Å². The summed E-state index contributed by atoms with van der Waals surface area (Å²) in [6, 6.07) is 12.1. The van der Waals surface area contributed by atoms with Gasteiger partial charge in [-0.05, 0) is 108 Å². The van der Waals surface area contributed by atoms with Crippen molar-refractivity contribution in [3.05, 3.63) is 70.1 Å². The Morgan fingerprint density at radius 1 is 1.10 bits per heavy atom. The smallest absolute Gasteiger partial charge is 0.281 e. The minimum atomic E-state index is -4.26. The normalized spacial score (nSPS) is 26.5. The van der Waals surface area contributed by atoms with E-state index in [1.54, 1.807) is 24.3 Å². The number of halogens is 1. The van der Waals surface area contributed by atoms with E-state index in [-0.39, 0.29) is 33.0 Å². The second-order valence-electron chi connectivity index (χ2n) is 13.3. The third-order valence-corrected chi connectivity index (χ3v) is 10.4. The molecule has 3 aromatic heterocycles. The third-order valence-electron chi connectivity index (χ3n) is 8.76. The van der Waals surface area contributed by atoms with Gasteiger partial charge in [-0.15, -0.1) is 0 Å². The largest absolute Gasteiger partial charge is 0.362 e. The molecular formula is C30H35BrN6O3S. The molecule has 0 radical (unpaired) electrons. The molecule has 1 saturated heterocycles. The molecule has 216 valence electrons. The van der Waals surface area contributed by atoms with Crippen molar-refractivity contribution in [1.82, 2.24) is 19.7 Å². The van der Waals surface area contributed by atoms with E-state index >= 15 is 0 Å². The molecule has 2 unspecified atom stereocenters. The third kappa shape index (κ3) is 5.22. The van der Waals surface area contributed by atoms with Crippen molar-refractivity contribution < 1.29 is 13.2 Å². The Morgan fingerprint density at radius 2 is 1.88 bits per heavy atom. The van der Waals surface area contributed by atoms with E-state index in [1.807, 2.05) is 12.3 Å². The summed E-state index contributed by atoms with van der Waals surface area (Å²) in [7, 11) is -4.26. The van der Waals surface area contributed by atoms with Crippen LogP contribution in [0.15, 0.2) is 58.3 Å². The number of carbonyl (C=O) groups is 1. The van der Waals surface area contributed by atoms with Crippen molar-refractivity contribution in [3.63, 3.8) is 0 Å². The summed E-state index contributed by atoms with van der Waals surface area (Å²) in [6.45, 7) is 11.6. The van der Waals surface area contributed by atoms with E-state index in [0.29, 0.717) is 22.2 Å². The Balaban J connectivity index is 1.48. The lowest BCUT2D eigenvalue weighted by Gasteiger charge is -2.33. The molecule has 6 rings (SSSR count). The molecule has 3 aromatic rings. The van der Waals surface area contributed by atoms with Crippen molar-refractivity contribution in [3.8, 4) is 0 Å². The maximum absolute atomic E-state index is 13.5. The Labute approximate surface area is 249 Å². The Kier molecular flexibility index (Phi) is 6.50. The Morgan fingerprint density at radius 3 is 2.63 bits per heavy atom. The van der Waals surface area contributed by atoms with Crippen LogP contribution >= 0.6 is 15.9 Å². The van der Waals surface area contributed by atoms with Crippen LogP contribution in [0.4, 0.5) is 11.6 Å². The maximum atomic E-state index is 13.5. The number of hydrogen-bond acceptors (Lipinski definition) is 8. The van der Waals surface area contributed by atoms with Gasteiger partial charge in [0.25, 0.3) is 15.9 Å². The molecule has 9 nitrogen and oxygen atoms in total. The number of pyridine rings is 3. The molecule has 3 atom stereocenters. The molecule has 41 heavy (non-hydrogen) atoms. The fourth-order valence-corrected chi connectivity index (χ4v) is 7.82. The standard InChI is InChI=1S/C30H35BrN6O3S/c1-28(2,3)18-11-12-32-21(13-18)22-14-19-15-30(19)16-29(4,5)37(17-30)26-20(9-10-23(31)34-26)27(38)36-41(39,40)25-8-6-7-24(33-22)35-25/h6-13,19,22H,14-17H2,1-5H3,(H,33,35)(H,36,38)/t19?,22-,30?/m0/s1. The lowest BCUT2D eigenvalue weighted by molar-refractivity contribution is 0.0981. The number of amides is 1. The van der Waals surface area contributed by atoms with Crippen LogP contribution in [-0.4, -0.2) is 41.4 Å². The summed E-state index contributed by atoms with van der Waals surface area (Å²) in [5.41, 5.74) is 2.02. The number of nitrogens with one attached hydrogen (secondary N) is 2. The summed E-state index contributed by atoms with van der Waals surface area (Å²) in [4.78, 5) is 29.5. The minimum Gasteiger partial charge on any atom is -0.362 e. The molecule has 1 spiro atoms. The fourth-order valence-electron chi connectivity index (χ4n) is 6.58. The molecule has 1 amide bonds. The summed E-state index contributed by atoms with van der Waals surface area (Å²) < 4.78 is 29.5. The monoisotopic (exact) mass is 638 g/mol. The topological polar surface area (TPSA) is 117 Å². The van der Waals surface area contributed by atoms with Crippen LogP contribution < -0.4 is 14.9 Å². The van der Waals surface area contributed by atoms with Crippen LogP contribution in [0.1, 0.15) is 81.5 Å². The summed E-state index contributed by atoms with van der Waals surface area (Å²) >= 11 is 3.46. The SMILES string of the molecule is CC(C)(C)c1ccnc([C@@H]2CC3CC34CN(c3nc(Br)ccc3C(=O)NS(=O)(=O)c3cccc(n3)N2)C(C)(C)C4)c1. The van der Waals surface area contributed by atoms with E-state index in [0.717, 1.165) is 31.5 Å². The number of aromatic nitrogens is 3. The summed E-state index contributed by atoms with van der Waals surface area (Å²) in [5.74, 6) is 0.564. The van der Waals surface area contributed by atoms with Crippen LogP contribution in [-0.2, 0) is 15.4 Å². The zero-order valence-corrected chi connectivity index (χ0v) is 26.3. The first-order valence-electron chi connectivity index (χ1n) is 13.9. The highest BCUT2D eigenvalue weighted by atomic mass is 79.9. The van der Waals surface area contributed by atoms with Crippen LogP contribution in [0.2, 0.25) is 0 Å². The number of rotatable bonds is 1. The molecule has 11 heteroatoms. The summed E-state index contributed by atoms with van der Waals surface area (Å²) in [5, 5.41) is 3.27. The number of anilines is 2. The molecule has 2 N–H and O–H groups in total. The molecule has 5 heterocycles. The van der Waals surface area contributed by atoms with Gasteiger partial charge >= 0.3 is 0 Å². The fraction of sp³-hybridized carbons (Fsp3) is 0.467. The Hall–Kier alpha value is -3.05. The molecule has 2 fully saturated rings. The minimum absolute atomic E-state index is 0.0482. The predicted octanol–water partition coefficient (Wildman–Crippen LogP) is 5.60. The average Bonchev–Trinajstić information content (AvgIpc) is 3.46. The first-order chi connectivity index (χ1) is 19.2. The van der Waals surface area contributed by atoms with Gasteiger partial charge in [0.2, 0.25) is 0 Å². The number of sulfonamides is 1. The van der Waals surface area contributed by atoms with Crippen molar-refractivity contribution >= 4 is 43.5 Å². The average molecular weight is 640 g/mol. The number of fused-ring (bicyclic) bond motifs is 5. The maximum Gasteiger partial charge on any atom is 0.281 e. The highest BCUT2D eigenvalue weighted by molar-refractivity contribution is 9.10. The lowest BCUT2D eigenvalue weighted by Crippen LogP contribution is -2.41. The first kappa shape index (κ1) is 28.1. The zero-order valence-electron chi connectivity index (χ0n) is 23.9. The van der Waals surface area contributed by atoms with Crippen LogP contribution in [0.3, 0.4) is 0 Å². The van der Waals surface area contributed by atoms with Gasteiger partial charge in [-0.1, -0.05) is 26.8 Å². The van der Waals surface area contributed by atoms with Crippen molar-refractivity contribution in [1.29, 1.82) is 0 Å². The Bertz CT molecular complexity index is 1650. The van der Waals surface area contributed by atoms with Gasteiger partial charge in [0, 0.05) is 18.3 Å². The molecular weight excluding hydrogens is 604 g/mol. The second-order valence-corrected chi connectivity index (χ2v) is 15.7. The highest BCUT2D eigenvalue weighted by Crippen LogP contribution is 2.65. The van der Waals surface area contributed by atoms with Crippen LogP contribution in [0, 0.1) is 11.3 Å². The summed E-state index contributed by atoms with van der Waals surface area (Å²) in [6.07, 6.45) is 4.66. The molecule has 1 aliphatic carbocycles. The molecule has 2 aliphatic heterocycles. The zero-order chi connectivity index (χ0) is 29.4. The van der Waals surface area contributed by atoms with E-state index < -0.39 is 15.9 Å². The van der Waals surface area contributed by atoms with Crippen LogP contribution in [0.25, 0.3) is 0 Å². The molecule has 4 bridgehead atoms. The number of carbonyl (C=O) groups excluding carboxylic acids is 1. The van der Waals surface area contributed by atoms with Crippen LogP contribution in [0.5, 0.6) is 0 Å².